The Balaban J connectivity index is 1.75. The van der Waals surface area contributed by atoms with E-state index in [2.05, 4.69) is 0 Å². The number of benzene rings is 3. The average molecular weight is 456 g/mol. The molecule has 32 heavy (non-hydrogen) atoms. The SMILES string of the molecule is CN(CCC(Oc1ccc(C(=O)c2ccccc2F)cc1)c1ccc(Cl)cc1)CC(=O)O. The van der Waals surface area contributed by atoms with Gasteiger partial charge in [0.1, 0.15) is 17.7 Å². The van der Waals surface area contributed by atoms with Crippen molar-refractivity contribution >= 4 is 23.4 Å². The molecular formula is C25H23ClFNO4. The van der Waals surface area contributed by atoms with Crippen LogP contribution in [0.3, 0.4) is 0 Å². The molecule has 0 spiro atoms. The fourth-order valence-corrected chi connectivity index (χ4v) is 3.39. The molecule has 3 aromatic rings. The minimum absolute atomic E-state index is 0.0154. The highest BCUT2D eigenvalue weighted by atomic mass is 35.5. The number of rotatable bonds is 10. The number of likely N-dealkylation sites (N-methyl/N-ethyl adjacent to an activating group) is 1. The van der Waals surface area contributed by atoms with Crippen LogP contribution in [-0.2, 0) is 4.79 Å². The summed E-state index contributed by atoms with van der Waals surface area (Å²) in [5.41, 5.74) is 1.26. The number of halogens is 2. The van der Waals surface area contributed by atoms with Crippen LogP contribution in [0, 0.1) is 5.82 Å². The zero-order valence-corrected chi connectivity index (χ0v) is 18.3. The van der Waals surface area contributed by atoms with E-state index < -0.39 is 17.6 Å². The van der Waals surface area contributed by atoms with Gasteiger partial charge in [-0.2, -0.15) is 0 Å². The number of ketones is 1. The lowest BCUT2D eigenvalue weighted by molar-refractivity contribution is -0.138. The molecule has 0 heterocycles. The number of carbonyl (C=O) groups excluding carboxylic acids is 1. The highest BCUT2D eigenvalue weighted by Gasteiger charge is 2.17. The fraction of sp³-hybridized carbons (Fsp3) is 0.200. The van der Waals surface area contributed by atoms with Crippen LogP contribution in [0.1, 0.15) is 34.0 Å². The molecule has 3 aromatic carbocycles. The maximum Gasteiger partial charge on any atom is 0.317 e. The molecule has 0 aliphatic carbocycles. The van der Waals surface area contributed by atoms with E-state index in [1.54, 1.807) is 54.4 Å². The van der Waals surface area contributed by atoms with E-state index in [0.717, 1.165) is 5.56 Å². The van der Waals surface area contributed by atoms with Crippen LogP contribution in [0.5, 0.6) is 5.75 Å². The second kappa shape index (κ2) is 10.9. The van der Waals surface area contributed by atoms with Crippen molar-refractivity contribution in [3.8, 4) is 5.75 Å². The second-order valence-electron chi connectivity index (χ2n) is 7.41. The molecule has 1 N–H and O–H groups in total. The number of carboxylic acids is 1. The molecule has 0 fully saturated rings. The molecule has 0 aliphatic heterocycles. The Bertz CT molecular complexity index is 1070. The fourth-order valence-electron chi connectivity index (χ4n) is 3.27. The van der Waals surface area contributed by atoms with Gasteiger partial charge in [-0.25, -0.2) is 4.39 Å². The predicted octanol–water partition coefficient (Wildman–Crippen LogP) is 5.24. The first kappa shape index (κ1) is 23.4. The van der Waals surface area contributed by atoms with E-state index >= 15 is 0 Å². The van der Waals surface area contributed by atoms with Crippen LogP contribution in [0.4, 0.5) is 4.39 Å². The quantitative estimate of drug-likeness (QED) is 0.424. The highest BCUT2D eigenvalue weighted by molar-refractivity contribution is 6.30. The monoisotopic (exact) mass is 455 g/mol. The predicted molar refractivity (Wildman–Crippen MR) is 121 cm³/mol. The van der Waals surface area contributed by atoms with Gasteiger partial charge < -0.3 is 9.84 Å². The Labute approximate surface area is 191 Å². The van der Waals surface area contributed by atoms with E-state index in [1.807, 2.05) is 12.1 Å². The summed E-state index contributed by atoms with van der Waals surface area (Å²) in [6, 6.07) is 19.6. The molecule has 5 nitrogen and oxygen atoms in total. The van der Waals surface area contributed by atoms with Crippen LogP contribution in [0.25, 0.3) is 0 Å². The smallest absolute Gasteiger partial charge is 0.317 e. The second-order valence-corrected chi connectivity index (χ2v) is 7.85. The van der Waals surface area contributed by atoms with Gasteiger partial charge in [-0.05, 0) is 61.1 Å². The van der Waals surface area contributed by atoms with Crippen LogP contribution in [0.15, 0.2) is 72.8 Å². The van der Waals surface area contributed by atoms with Gasteiger partial charge >= 0.3 is 5.97 Å². The Morgan fingerprint density at radius 1 is 1.03 bits per heavy atom. The maximum atomic E-state index is 13.9. The van der Waals surface area contributed by atoms with Gasteiger partial charge in [-0.3, -0.25) is 14.5 Å². The van der Waals surface area contributed by atoms with Crippen LogP contribution in [0.2, 0.25) is 5.02 Å². The Morgan fingerprint density at radius 2 is 1.69 bits per heavy atom. The van der Waals surface area contributed by atoms with Crippen molar-refractivity contribution in [2.24, 2.45) is 0 Å². The lowest BCUT2D eigenvalue weighted by Crippen LogP contribution is -2.28. The van der Waals surface area contributed by atoms with Crippen molar-refractivity contribution in [3.63, 3.8) is 0 Å². The standard InChI is InChI=1S/C25H23ClFNO4/c1-28(16-24(29)30)15-14-23(17-6-10-19(26)11-7-17)32-20-12-8-18(9-13-20)25(31)21-4-2-3-5-22(21)27/h2-13,23H,14-16H2,1H3,(H,29,30). The summed E-state index contributed by atoms with van der Waals surface area (Å²) in [6.07, 6.45) is 0.193. The van der Waals surface area contributed by atoms with Crippen molar-refractivity contribution < 1.29 is 23.8 Å². The largest absolute Gasteiger partial charge is 0.486 e. The number of carbonyl (C=O) groups is 2. The Kier molecular flexibility index (Phi) is 7.98. The summed E-state index contributed by atoms with van der Waals surface area (Å²) in [6.45, 7) is 0.434. The minimum Gasteiger partial charge on any atom is -0.486 e. The third-order valence-electron chi connectivity index (χ3n) is 4.93. The summed E-state index contributed by atoms with van der Waals surface area (Å²) >= 11 is 6.00. The minimum atomic E-state index is -0.897. The average Bonchev–Trinajstić information content (AvgIpc) is 2.77. The van der Waals surface area contributed by atoms with E-state index in [1.165, 1.54) is 18.2 Å². The first-order valence-corrected chi connectivity index (χ1v) is 10.4. The molecule has 3 rings (SSSR count). The summed E-state index contributed by atoms with van der Waals surface area (Å²) in [7, 11) is 1.73. The number of nitrogens with zero attached hydrogens (tertiary/aromatic N) is 1. The van der Waals surface area contributed by atoms with Crippen molar-refractivity contribution in [1.29, 1.82) is 0 Å². The molecule has 166 valence electrons. The molecule has 1 unspecified atom stereocenters. The zero-order chi connectivity index (χ0) is 23.1. The van der Waals surface area contributed by atoms with E-state index in [-0.39, 0.29) is 18.2 Å². The molecule has 0 aliphatic rings. The summed E-state index contributed by atoms with van der Waals surface area (Å²) in [4.78, 5) is 25.2. The molecule has 0 saturated carbocycles. The zero-order valence-electron chi connectivity index (χ0n) is 17.5. The molecule has 1 atom stereocenters. The maximum absolute atomic E-state index is 13.9. The molecule has 0 aromatic heterocycles. The van der Waals surface area contributed by atoms with Crippen molar-refractivity contribution in [2.75, 3.05) is 20.1 Å². The molecule has 0 amide bonds. The van der Waals surface area contributed by atoms with Gasteiger partial charge in [0.15, 0.2) is 5.78 Å². The van der Waals surface area contributed by atoms with Gasteiger partial charge in [0.25, 0.3) is 0 Å². The number of aliphatic carboxylic acids is 1. The Morgan fingerprint density at radius 3 is 2.31 bits per heavy atom. The van der Waals surface area contributed by atoms with Crippen molar-refractivity contribution in [1.82, 2.24) is 4.90 Å². The third-order valence-corrected chi connectivity index (χ3v) is 5.19. The summed E-state index contributed by atoms with van der Waals surface area (Å²) < 4.78 is 20.1. The first-order chi connectivity index (χ1) is 15.3. The number of carboxylic acid groups (broad SMARTS) is 1. The third kappa shape index (κ3) is 6.39. The number of ether oxygens (including phenoxy) is 1. The van der Waals surface area contributed by atoms with Crippen molar-refractivity contribution in [3.05, 3.63) is 100 Å². The number of hydrogen-bond acceptors (Lipinski definition) is 4. The van der Waals surface area contributed by atoms with Gasteiger partial charge in [0.05, 0.1) is 12.1 Å². The lowest BCUT2D eigenvalue weighted by atomic mass is 10.0. The summed E-state index contributed by atoms with van der Waals surface area (Å²) in [5.74, 6) is -1.33. The normalized spacial score (nSPS) is 11.9. The molecule has 0 radical (unpaired) electrons. The molecule has 7 heteroatoms. The molecule has 0 bridgehead atoms. The first-order valence-electron chi connectivity index (χ1n) is 10.0. The number of hydrogen-bond donors (Lipinski definition) is 1. The van der Waals surface area contributed by atoms with Crippen LogP contribution in [-0.4, -0.2) is 41.9 Å². The molecule has 0 saturated heterocycles. The topological polar surface area (TPSA) is 66.8 Å². The van der Waals surface area contributed by atoms with E-state index in [4.69, 9.17) is 21.4 Å². The van der Waals surface area contributed by atoms with Gasteiger partial charge in [-0.1, -0.05) is 35.9 Å². The highest BCUT2D eigenvalue weighted by Crippen LogP contribution is 2.27. The lowest BCUT2D eigenvalue weighted by Gasteiger charge is -2.23. The molecular weight excluding hydrogens is 433 g/mol. The van der Waals surface area contributed by atoms with Gasteiger partial charge in [0, 0.05) is 23.6 Å². The Hall–Kier alpha value is -3.22. The van der Waals surface area contributed by atoms with Crippen LogP contribution >= 0.6 is 11.6 Å². The van der Waals surface area contributed by atoms with Gasteiger partial charge in [0.2, 0.25) is 0 Å². The van der Waals surface area contributed by atoms with Crippen LogP contribution < -0.4 is 4.74 Å². The van der Waals surface area contributed by atoms with E-state index in [9.17, 15) is 14.0 Å². The van der Waals surface area contributed by atoms with Gasteiger partial charge in [-0.15, -0.1) is 0 Å². The van der Waals surface area contributed by atoms with Crippen molar-refractivity contribution in [2.45, 2.75) is 12.5 Å². The summed E-state index contributed by atoms with van der Waals surface area (Å²) in [5, 5.41) is 9.57. The van der Waals surface area contributed by atoms with E-state index in [0.29, 0.717) is 29.3 Å².